The van der Waals surface area contributed by atoms with Crippen molar-refractivity contribution in [1.82, 2.24) is 0 Å². The molecule has 0 heterocycles. The van der Waals surface area contributed by atoms with Gasteiger partial charge in [-0.05, 0) is 0 Å². The van der Waals surface area contributed by atoms with Crippen LogP contribution in [0.2, 0.25) is 0 Å². The van der Waals surface area contributed by atoms with Crippen LogP contribution in [0, 0.1) is 0 Å². The van der Waals surface area contributed by atoms with Crippen LogP contribution in [0.25, 0.3) is 0 Å². The molecule has 0 aliphatic carbocycles. The van der Waals surface area contributed by atoms with Crippen molar-refractivity contribution in [3.63, 3.8) is 0 Å². The van der Waals surface area contributed by atoms with Crippen LogP contribution < -0.4 is 19.2 Å². The Morgan fingerprint density at radius 1 is 0.750 bits per heavy atom. The summed E-state index contributed by atoms with van der Waals surface area (Å²) in [5.74, 6) is 0. The first kappa shape index (κ1) is 22.5. The van der Waals surface area contributed by atoms with Crippen LogP contribution >= 0.6 is 0 Å². The van der Waals surface area contributed by atoms with E-state index in [0.29, 0.717) is 0 Å². The molecule has 0 atom stereocenters. The quantitative estimate of drug-likeness (QED) is 0.413. The second-order valence-electron chi connectivity index (χ2n) is 0.500. The minimum Gasteiger partial charge on any atom is -2.00 e. The molecule has 8 heavy (non-hydrogen) atoms. The fourth-order valence-corrected chi connectivity index (χ4v) is 0. The summed E-state index contributed by atoms with van der Waals surface area (Å²) in [6.45, 7) is 0. The minimum absolute atomic E-state index is 0. The molecule has 0 aliphatic heterocycles. The topological polar surface area (TPSA) is 121 Å². The van der Waals surface area contributed by atoms with Crippen molar-refractivity contribution in [2.24, 2.45) is 0 Å². The fraction of sp³-hybridized carbons (Fsp3) is 0. The van der Waals surface area contributed by atoms with Crippen molar-refractivity contribution in [2.75, 3.05) is 0 Å². The van der Waals surface area contributed by atoms with E-state index in [0.717, 1.165) is 0 Å². The van der Waals surface area contributed by atoms with Gasteiger partial charge in [-0.3, -0.25) is 0 Å². The summed E-state index contributed by atoms with van der Waals surface area (Å²) < 4.78 is 0. The molecule has 0 aromatic heterocycles. The average molecular weight is 286 g/mol. The first-order valence-electron chi connectivity index (χ1n) is 0.816. The van der Waals surface area contributed by atoms with Gasteiger partial charge in [-0.2, -0.15) is 0 Å². The first-order valence-corrected chi connectivity index (χ1v) is 2.45. The van der Waals surface area contributed by atoms with E-state index < -0.39 is 9.05 Å². The van der Waals surface area contributed by atoms with E-state index in [1.165, 1.54) is 0 Å². The van der Waals surface area contributed by atoms with Crippen LogP contribution in [-0.4, -0.2) is 9.05 Å². The van der Waals surface area contributed by atoms with E-state index in [2.05, 4.69) is 0 Å². The Kier molecular flexibility index (Phi) is 25.9. The summed E-state index contributed by atoms with van der Waals surface area (Å²) in [4.78, 5) is 34.3. The standard InChI is InChI=1S/O4Si.O.2Y/c1-5(2,3)4;;;/q-4;-2;2*+3. The maximum absolute atomic E-state index is 8.58. The van der Waals surface area contributed by atoms with Crippen LogP contribution in [-0.2, 0) is 70.9 Å². The van der Waals surface area contributed by atoms with Crippen LogP contribution in [0.1, 0.15) is 0 Å². The van der Waals surface area contributed by atoms with Gasteiger partial charge in [0.25, 0.3) is 0 Å². The molecule has 0 fully saturated rings. The van der Waals surface area contributed by atoms with Crippen molar-refractivity contribution < 1.29 is 90.1 Å². The molecule has 0 unspecified atom stereocenters. The summed E-state index contributed by atoms with van der Waals surface area (Å²) in [5, 5.41) is 0. The zero-order valence-electron chi connectivity index (χ0n) is 3.70. The number of hydrogen-bond donors (Lipinski definition) is 0. The third-order valence-electron chi connectivity index (χ3n) is 0. The summed E-state index contributed by atoms with van der Waals surface area (Å²) >= 11 is 0. The van der Waals surface area contributed by atoms with Crippen molar-refractivity contribution in [3.8, 4) is 0 Å². The molecule has 0 radical (unpaired) electrons. The third kappa shape index (κ3) is 86.7. The Hall–Kier alpha value is 2.22. The molecule has 0 aromatic carbocycles. The Balaban J connectivity index is -0.0000000267. The molecular formula is O5SiY2. The van der Waals surface area contributed by atoms with Gasteiger partial charge in [0, 0.05) is 0 Å². The van der Waals surface area contributed by atoms with Gasteiger partial charge in [-0.1, -0.05) is 0 Å². The normalized spacial score (nSPS) is 7.50. The molecule has 0 spiro atoms. The van der Waals surface area contributed by atoms with Crippen LogP contribution in [0.3, 0.4) is 0 Å². The van der Waals surface area contributed by atoms with Crippen LogP contribution in [0.4, 0.5) is 0 Å². The zero-order chi connectivity index (χ0) is 4.50. The minimum atomic E-state index is -5.61. The maximum atomic E-state index is 8.58. The van der Waals surface area contributed by atoms with Gasteiger partial charge in [0.1, 0.15) is 0 Å². The van der Waals surface area contributed by atoms with Gasteiger partial charge < -0.3 is 33.7 Å². The summed E-state index contributed by atoms with van der Waals surface area (Å²) in [6, 6.07) is 0. The van der Waals surface area contributed by atoms with E-state index in [1.54, 1.807) is 0 Å². The first-order chi connectivity index (χ1) is 2.00. The van der Waals surface area contributed by atoms with Gasteiger partial charge in [0.2, 0.25) is 0 Å². The van der Waals surface area contributed by atoms with E-state index in [4.69, 9.17) is 19.2 Å². The molecule has 0 bridgehead atoms. The van der Waals surface area contributed by atoms with Crippen LogP contribution in [0.5, 0.6) is 0 Å². The van der Waals surface area contributed by atoms with Crippen molar-refractivity contribution in [3.05, 3.63) is 0 Å². The third-order valence-corrected chi connectivity index (χ3v) is 0. The molecule has 0 aliphatic rings. The fourth-order valence-electron chi connectivity index (χ4n) is 0. The van der Waals surface area contributed by atoms with E-state index >= 15 is 0 Å². The average Bonchev–Trinajstić information content (AvgIpc) is 0.722. The molecule has 0 saturated heterocycles. The molecule has 0 rings (SSSR count). The van der Waals surface area contributed by atoms with Gasteiger partial charge in [0.05, 0.1) is 0 Å². The molecule has 8 heteroatoms. The summed E-state index contributed by atoms with van der Waals surface area (Å²) in [7, 11) is -5.61. The van der Waals surface area contributed by atoms with Crippen molar-refractivity contribution in [2.45, 2.75) is 0 Å². The van der Waals surface area contributed by atoms with E-state index in [-0.39, 0.29) is 70.9 Å². The Morgan fingerprint density at radius 3 is 0.750 bits per heavy atom. The predicted octanol–water partition coefficient (Wildman–Crippen LogP) is -5.26. The zero-order valence-corrected chi connectivity index (χ0v) is 10.4. The smallest absolute Gasteiger partial charge is 2.00 e. The van der Waals surface area contributed by atoms with E-state index in [9.17, 15) is 0 Å². The summed E-state index contributed by atoms with van der Waals surface area (Å²) in [6.07, 6.45) is 0. The SMILES string of the molecule is [O-2].[O-][Si]([O-])([O-])[O-].[Y+3].[Y+3]. The van der Waals surface area contributed by atoms with Gasteiger partial charge >= 0.3 is 65.4 Å². The Morgan fingerprint density at radius 2 is 0.750 bits per heavy atom. The molecule has 0 aromatic rings. The Labute approximate surface area is 97.7 Å². The maximum Gasteiger partial charge on any atom is 3.00 e. The second-order valence-corrected chi connectivity index (χ2v) is 1.50. The number of hydrogen-bond acceptors (Lipinski definition) is 4. The van der Waals surface area contributed by atoms with Gasteiger partial charge in [-0.15, -0.1) is 0 Å². The predicted molar refractivity (Wildman–Crippen MR) is 6.44 cm³/mol. The molecule has 0 amide bonds. The van der Waals surface area contributed by atoms with E-state index in [1.807, 2.05) is 0 Å². The van der Waals surface area contributed by atoms with Crippen LogP contribution in [0.15, 0.2) is 0 Å². The molecule has 0 N–H and O–H groups in total. The van der Waals surface area contributed by atoms with Gasteiger partial charge in [-0.25, -0.2) is 0 Å². The second kappa shape index (κ2) is 9.22. The number of rotatable bonds is 0. The molecule has 5 nitrogen and oxygen atoms in total. The molecule has 40 valence electrons. The summed E-state index contributed by atoms with van der Waals surface area (Å²) in [5.41, 5.74) is 0. The Bertz CT molecular complexity index is 25.9. The monoisotopic (exact) mass is 286 g/mol. The largest absolute Gasteiger partial charge is 3.00 e. The molecule has 0 saturated carbocycles. The van der Waals surface area contributed by atoms with Gasteiger partial charge in [0.15, 0.2) is 0 Å². The molecular weight excluding hydrogens is 286 g/mol. The van der Waals surface area contributed by atoms with Crippen molar-refractivity contribution >= 4 is 9.05 Å². The van der Waals surface area contributed by atoms with Crippen molar-refractivity contribution in [1.29, 1.82) is 0 Å².